The minimum atomic E-state index is 1.000. The molecule has 1 aromatic rings. The molecule has 0 spiro atoms. The third kappa shape index (κ3) is 2.48. The number of allylic oxidation sites excluding steroid dienone is 4. The molecule has 1 aliphatic heterocycles. The van der Waals surface area contributed by atoms with Crippen LogP contribution in [0.25, 0.3) is 5.57 Å². The monoisotopic (exact) mass is 210 g/mol. The normalized spacial score (nSPS) is 25.3. The highest BCUT2D eigenvalue weighted by Gasteiger charge is 1.97. The topological polar surface area (TPSA) is 24.4 Å². The highest BCUT2D eigenvalue weighted by Crippen LogP contribution is 2.13. The first-order valence-corrected chi connectivity index (χ1v) is 5.25. The smallest absolute Gasteiger partial charge is 0.0523 e. The highest BCUT2D eigenvalue weighted by molar-refractivity contribution is 6.10. The maximum atomic E-state index is 4.27. The van der Waals surface area contributed by atoms with Crippen molar-refractivity contribution in [2.75, 3.05) is 7.05 Å². The molecule has 0 radical (unpaired) electrons. The summed E-state index contributed by atoms with van der Waals surface area (Å²) in [6.45, 7) is 0. The first kappa shape index (κ1) is 10.4. The number of likely N-dealkylation sites (N-methyl/N-ethyl adjacent to an activating group) is 1. The van der Waals surface area contributed by atoms with Crippen LogP contribution in [0.2, 0.25) is 0 Å². The van der Waals surface area contributed by atoms with Crippen LogP contribution in [-0.4, -0.2) is 13.3 Å². The summed E-state index contributed by atoms with van der Waals surface area (Å²) in [6.07, 6.45) is 9.76. The molecule has 80 valence electrons. The molecule has 0 saturated carbocycles. The summed E-state index contributed by atoms with van der Waals surface area (Å²) in [5.41, 5.74) is 3.29. The fraction of sp³-hybridized carbons (Fsp3) is 0.0714. The average Bonchev–Trinajstić information content (AvgIpc) is 2.30. The predicted octanol–water partition coefficient (Wildman–Crippen LogP) is 2.77. The molecule has 0 atom stereocenters. The van der Waals surface area contributed by atoms with Gasteiger partial charge in [0.05, 0.1) is 5.70 Å². The molecule has 0 bridgehead atoms. The molecule has 2 rings (SSSR count). The van der Waals surface area contributed by atoms with Gasteiger partial charge in [0.1, 0.15) is 0 Å². The number of benzene rings is 1. The zero-order chi connectivity index (χ0) is 11.2. The molecule has 1 aromatic carbocycles. The summed E-state index contributed by atoms with van der Waals surface area (Å²) in [5, 5.41) is 3.06. The van der Waals surface area contributed by atoms with Gasteiger partial charge in [-0.3, -0.25) is 4.99 Å². The average molecular weight is 210 g/mol. The van der Waals surface area contributed by atoms with Crippen LogP contribution in [0, 0.1) is 0 Å². The molecule has 0 fully saturated rings. The molecular formula is C14H14N2. The van der Waals surface area contributed by atoms with E-state index in [1.165, 1.54) is 5.56 Å². The van der Waals surface area contributed by atoms with Crippen molar-refractivity contribution < 1.29 is 0 Å². The molecule has 16 heavy (non-hydrogen) atoms. The molecule has 2 heteroatoms. The van der Waals surface area contributed by atoms with Crippen LogP contribution in [0.15, 0.2) is 65.4 Å². The molecule has 0 unspecified atom stereocenters. The van der Waals surface area contributed by atoms with Gasteiger partial charge in [0.2, 0.25) is 0 Å². The van der Waals surface area contributed by atoms with E-state index >= 15 is 0 Å². The Morgan fingerprint density at radius 1 is 1.12 bits per heavy atom. The van der Waals surface area contributed by atoms with Crippen molar-refractivity contribution in [3.63, 3.8) is 0 Å². The summed E-state index contributed by atoms with van der Waals surface area (Å²) in [5.74, 6) is 0. The fourth-order valence-corrected chi connectivity index (χ4v) is 1.49. The summed E-state index contributed by atoms with van der Waals surface area (Å²) < 4.78 is 0. The minimum Gasteiger partial charge on any atom is -0.387 e. The number of rotatable bonds is 2. The van der Waals surface area contributed by atoms with Gasteiger partial charge in [-0.25, -0.2) is 0 Å². The Kier molecular flexibility index (Phi) is 3.34. The lowest BCUT2D eigenvalue weighted by Gasteiger charge is -2.03. The SMILES string of the molecule is CNC1=C/N=C/C(c2ccccc2)=C\C=C\1. The Hall–Kier alpha value is -2.09. The van der Waals surface area contributed by atoms with Crippen LogP contribution in [0.1, 0.15) is 5.56 Å². The van der Waals surface area contributed by atoms with Crippen molar-refractivity contribution in [2.45, 2.75) is 0 Å². The van der Waals surface area contributed by atoms with Crippen LogP contribution < -0.4 is 5.32 Å². The maximum absolute atomic E-state index is 4.27. The second-order valence-corrected chi connectivity index (χ2v) is 3.46. The number of nitrogens with zero attached hydrogens (tertiary/aromatic N) is 1. The van der Waals surface area contributed by atoms with Gasteiger partial charge < -0.3 is 5.32 Å². The van der Waals surface area contributed by atoms with E-state index in [-0.39, 0.29) is 0 Å². The van der Waals surface area contributed by atoms with Gasteiger partial charge in [0.15, 0.2) is 0 Å². The van der Waals surface area contributed by atoms with Gasteiger partial charge in [-0.05, 0) is 17.2 Å². The Morgan fingerprint density at radius 3 is 2.69 bits per heavy atom. The van der Waals surface area contributed by atoms with E-state index in [0.717, 1.165) is 11.3 Å². The van der Waals surface area contributed by atoms with E-state index in [2.05, 4.69) is 28.5 Å². The molecule has 0 saturated heterocycles. The number of nitrogens with one attached hydrogen (secondary N) is 1. The molecule has 1 heterocycles. The van der Waals surface area contributed by atoms with Crippen molar-refractivity contribution in [1.29, 1.82) is 0 Å². The van der Waals surface area contributed by atoms with Crippen LogP contribution in [0.3, 0.4) is 0 Å². The molecule has 0 aliphatic carbocycles. The van der Waals surface area contributed by atoms with Gasteiger partial charge in [-0.15, -0.1) is 0 Å². The zero-order valence-corrected chi connectivity index (χ0v) is 9.22. The summed E-state index contributed by atoms with van der Waals surface area (Å²) in [6, 6.07) is 10.2. The second kappa shape index (κ2) is 5.12. The van der Waals surface area contributed by atoms with Gasteiger partial charge in [0.25, 0.3) is 0 Å². The van der Waals surface area contributed by atoms with E-state index in [1.807, 2.05) is 49.8 Å². The molecule has 2 nitrogen and oxygen atoms in total. The summed E-state index contributed by atoms with van der Waals surface area (Å²) in [4.78, 5) is 4.27. The summed E-state index contributed by atoms with van der Waals surface area (Å²) in [7, 11) is 1.88. The van der Waals surface area contributed by atoms with E-state index in [0.29, 0.717) is 0 Å². The van der Waals surface area contributed by atoms with Gasteiger partial charge in [0, 0.05) is 19.5 Å². The first-order chi connectivity index (χ1) is 7.90. The standard InChI is InChI=1S/C14H14N2/c1-15-14-9-5-8-13(10-16-11-14)12-6-3-2-4-7-12/h2-11,15H,1H3/b8-5?,9-5+,13-8+,13-10?,14-9?,14-11+,16-10+,16-11?. The van der Waals surface area contributed by atoms with Gasteiger partial charge in [-0.1, -0.05) is 42.5 Å². The first-order valence-electron chi connectivity index (χ1n) is 5.25. The van der Waals surface area contributed by atoms with Crippen LogP contribution in [0.5, 0.6) is 0 Å². The van der Waals surface area contributed by atoms with Crippen molar-refractivity contribution in [3.05, 3.63) is 66.0 Å². The quantitative estimate of drug-likeness (QED) is 0.797. The Balaban J connectivity index is 2.27. The lowest BCUT2D eigenvalue weighted by Crippen LogP contribution is -2.02. The third-order valence-electron chi connectivity index (χ3n) is 2.37. The zero-order valence-electron chi connectivity index (χ0n) is 9.22. The van der Waals surface area contributed by atoms with E-state index in [1.54, 1.807) is 0 Å². The van der Waals surface area contributed by atoms with Gasteiger partial charge in [-0.2, -0.15) is 0 Å². The Bertz CT molecular complexity index is 465. The molecule has 0 amide bonds. The fourth-order valence-electron chi connectivity index (χ4n) is 1.49. The van der Waals surface area contributed by atoms with E-state index in [4.69, 9.17) is 0 Å². The number of hydrogen-bond acceptors (Lipinski definition) is 2. The Morgan fingerprint density at radius 2 is 1.94 bits per heavy atom. The van der Waals surface area contributed by atoms with Crippen LogP contribution in [-0.2, 0) is 0 Å². The molecule has 1 aliphatic rings. The highest BCUT2D eigenvalue weighted by atomic mass is 14.9. The van der Waals surface area contributed by atoms with Crippen molar-refractivity contribution in [3.8, 4) is 0 Å². The van der Waals surface area contributed by atoms with Crippen molar-refractivity contribution >= 4 is 11.8 Å². The van der Waals surface area contributed by atoms with Crippen LogP contribution in [0.4, 0.5) is 0 Å². The van der Waals surface area contributed by atoms with Gasteiger partial charge >= 0.3 is 0 Å². The number of hydrogen-bond donors (Lipinski definition) is 1. The molecule has 1 N–H and O–H groups in total. The van der Waals surface area contributed by atoms with E-state index in [9.17, 15) is 0 Å². The summed E-state index contributed by atoms with van der Waals surface area (Å²) >= 11 is 0. The lowest BCUT2D eigenvalue weighted by molar-refractivity contribution is 1.02. The number of aliphatic imine (C=N–C) groups is 1. The van der Waals surface area contributed by atoms with E-state index < -0.39 is 0 Å². The lowest BCUT2D eigenvalue weighted by atomic mass is 10.1. The molecule has 0 aromatic heterocycles. The molecular weight excluding hydrogens is 196 g/mol. The largest absolute Gasteiger partial charge is 0.387 e. The maximum Gasteiger partial charge on any atom is 0.0523 e. The van der Waals surface area contributed by atoms with Crippen LogP contribution >= 0.6 is 0 Å². The third-order valence-corrected chi connectivity index (χ3v) is 2.37. The second-order valence-electron chi connectivity index (χ2n) is 3.46. The van der Waals surface area contributed by atoms with Crippen molar-refractivity contribution in [1.82, 2.24) is 5.32 Å². The van der Waals surface area contributed by atoms with Crippen molar-refractivity contribution in [2.24, 2.45) is 4.99 Å². The predicted molar refractivity (Wildman–Crippen MR) is 69.2 cm³/mol. The minimum absolute atomic E-state index is 1.000. The Labute approximate surface area is 95.7 Å².